The Morgan fingerprint density at radius 2 is 1.57 bits per heavy atom. The van der Waals surface area contributed by atoms with Crippen LogP contribution < -0.4 is 5.73 Å². The molecule has 4 rings (SSSR count). The predicted octanol–water partition coefficient (Wildman–Crippen LogP) is 4.42. The van der Waals surface area contributed by atoms with Crippen LogP contribution in [0.15, 0.2) is 84.9 Å². The number of nitrogens with two attached hydrogens (primary N) is 1. The molecule has 1 heterocycles. The molecule has 1 amide bonds. The van der Waals surface area contributed by atoms with Gasteiger partial charge in [-0.15, -0.1) is 0 Å². The van der Waals surface area contributed by atoms with Gasteiger partial charge in [-0.2, -0.15) is 0 Å². The van der Waals surface area contributed by atoms with Gasteiger partial charge < -0.3 is 10.5 Å². The molecule has 0 aliphatic rings. The van der Waals surface area contributed by atoms with Crippen LogP contribution in [0.25, 0.3) is 22.2 Å². The molecule has 2 N–H and O–H groups in total. The number of hydrogen-bond acceptors (Lipinski definition) is 4. The smallest absolute Gasteiger partial charge is 0.340 e. The monoisotopic (exact) mass is 400 g/mol. The van der Waals surface area contributed by atoms with Crippen LogP contribution in [-0.4, -0.2) is 16.9 Å². The molecular formula is C24H17FN2O3. The second-order valence-electron chi connectivity index (χ2n) is 6.68. The number of halogens is 1. The fourth-order valence-corrected chi connectivity index (χ4v) is 3.20. The highest BCUT2D eigenvalue weighted by Crippen LogP contribution is 2.27. The van der Waals surface area contributed by atoms with Crippen LogP contribution in [0.2, 0.25) is 0 Å². The largest absolute Gasteiger partial charge is 0.444 e. The van der Waals surface area contributed by atoms with Crippen LogP contribution >= 0.6 is 0 Å². The molecule has 0 fully saturated rings. The minimum absolute atomic E-state index is 0.238. The van der Waals surface area contributed by atoms with Gasteiger partial charge in [0, 0.05) is 16.5 Å². The number of primary amides is 1. The van der Waals surface area contributed by atoms with Crippen molar-refractivity contribution in [2.75, 3.05) is 0 Å². The summed E-state index contributed by atoms with van der Waals surface area (Å²) in [6.45, 7) is 0. The maximum absolute atomic E-state index is 13.3. The number of pyridine rings is 1. The van der Waals surface area contributed by atoms with E-state index in [1.54, 1.807) is 72.8 Å². The van der Waals surface area contributed by atoms with Gasteiger partial charge in [0.2, 0.25) is 6.10 Å². The van der Waals surface area contributed by atoms with Gasteiger partial charge in [0.15, 0.2) is 0 Å². The molecule has 0 spiro atoms. The maximum Gasteiger partial charge on any atom is 0.340 e. The Bertz CT molecular complexity index is 1220. The third kappa shape index (κ3) is 3.89. The number of benzene rings is 3. The van der Waals surface area contributed by atoms with Gasteiger partial charge >= 0.3 is 5.97 Å². The summed E-state index contributed by atoms with van der Waals surface area (Å²) in [6, 6.07) is 23.0. The van der Waals surface area contributed by atoms with Crippen molar-refractivity contribution in [3.8, 4) is 11.3 Å². The van der Waals surface area contributed by atoms with Crippen molar-refractivity contribution in [3.63, 3.8) is 0 Å². The van der Waals surface area contributed by atoms with E-state index < -0.39 is 18.0 Å². The van der Waals surface area contributed by atoms with Crippen molar-refractivity contribution in [2.24, 2.45) is 5.73 Å². The molecule has 30 heavy (non-hydrogen) atoms. The molecule has 0 radical (unpaired) electrons. The predicted molar refractivity (Wildman–Crippen MR) is 111 cm³/mol. The molecule has 0 aliphatic heterocycles. The van der Waals surface area contributed by atoms with Crippen LogP contribution in [0.1, 0.15) is 22.0 Å². The number of ether oxygens (including phenoxy) is 1. The van der Waals surface area contributed by atoms with Crippen LogP contribution in [0.4, 0.5) is 4.39 Å². The van der Waals surface area contributed by atoms with E-state index in [0.29, 0.717) is 27.7 Å². The summed E-state index contributed by atoms with van der Waals surface area (Å²) in [6.07, 6.45) is -1.22. The lowest BCUT2D eigenvalue weighted by molar-refractivity contribution is -0.127. The van der Waals surface area contributed by atoms with Gasteiger partial charge in [0.25, 0.3) is 5.91 Å². The van der Waals surface area contributed by atoms with Crippen LogP contribution in [0.5, 0.6) is 0 Å². The Morgan fingerprint density at radius 1 is 0.900 bits per heavy atom. The number of fused-ring (bicyclic) bond motifs is 1. The number of hydrogen-bond donors (Lipinski definition) is 1. The molecule has 0 saturated heterocycles. The molecule has 1 unspecified atom stereocenters. The molecular weight excluding hydrogens is 383 g/mol. The third-order valence-corrected chi connectivity index (χ3v) is 4.66. The molecule has 5 nitrogen and oxygen atoms in total. The van der Waals surface area contributed by atoms with Gasteiger partial charge in [-0.25, -0.2) is 14.2 Å². The minimum atomic E-state index is -1.22. The van der Waals surface area contributed by atoms with Crippen molar-refractivity contribution in [3.05, 3.63) is 102 Å². The Kier molecular flexibility index (Phi) is 5.22. The van der Waals surface area contributed by atoms with E-state index >= 15 is 0 Å². The number of amides is 1. The summed E-state index contributed by atoms with van der Waals surface area (Å²) >= 11 is 0. The molecule has 3 aromatic carbocycles. The van der Waals surface area contributed by atoms with Crippen LogP contribution in [0.3, 0.4) is 0 Å². The molecule has 148 valence electrons. The highest BCUT2D eigenvalue weighted by atomic mass is 19.1. The second-order valence-corrected chi connectivity index (χ2v) is 6.68. The van der Waals surface area contributed by atoms with Crippen molar-refractivity contribution >= 4 is 22.8 Å². The minimum Gasteiger partial charge on any atom is -0.444 e. The summed E-state index contributed by atoms with van der Waals surface area (Å²) in [5, 5.41) is 0.574. The SMILES string of the molecule is NC(=O)C(OC(=O)c1cc(-c2ccc(F)cc2)nc2ccccc12)c1ccccc1. The van der Waals surface area contributed by atoms with Crippen LogP contribution in [-0.2, 0) is 9.53 Å². The number of nitrogens with zero attached hydrogens (tertiary/aromatic N) is 1. The molecule has 4 aromatic rings. The Labute approximate surface area is 171 Å². The van der Waals surface area contributed by atoms with E-state index in [1.165, 1.54) is 12.1 Å². The fourth-order valence-electron chi connectivity index (χ4n) is 3.20. The lowest BCUT2D eigenvalue weighted by atomic mass is 10.0. The number of rotatable bonds is 5. The highest BCUT2D eigenvalue weighted by Gasteiger charge is 2.25. The summed E-state index contributed by atoms with van der Waals surface area (Å²) in [5.74, 6) is -1.84. The molecule has 0 aliphatic carbocycles. The van der Waals surface area contributed by atoms with Crippen molar-refractivity contribution < 1.29 is 18.7 Å². The molecule has 0 bridgehead atoms. The fraction of sp³-hybridized carbons (Fsp3) is 0.0417. The highest BCUT2D eigenvalue weighted by molar-refractivity contribution is 6.05. The summed E-state index contributed by atoms with van der Waals surface area (Å²) < 4.78 is 18.8. The molecule has 1 atom stereocenters. The lowest BCUT2D eigenvalue weighted by Gasteiger charge is -2.16. The number of carbonyl (C=O) groups excluding carboxylic acids is 2. The van der Waals surface area contributed by atoms with Gasteiger partial charge in [-0.05, 0) is 36.4 Å². The van der Waals surface area contributed by atoms with E-state index in [1.807, 2.05) is 0 Å². The Morgan fingerprint density at radius 3 is 2.27 bits per heavy atom. The lowest BCUT2D eigenvalue weighted by Crippen LogP contribution is -2.26. The first-order valence-electron chi connectivity index (χ1n) is 9.24. The number of para-hydroxylation sites is 1. The van der Waals surface area contributed by atoms with Gasteiger partial charge in [0.1, 0.15) is 5.82 Å². The zero-order chi connectivity index (χ0) is 21.1. The van der Waals surface area contributed by atoms with Crippen molar-refractivity contribution in [2.45, 2.75) is 6.10 Å². The number of esters is 1. The maximum atomic E-state index is 13.3. The molecule has 6 heteroatoms. The van der Waals surface area contributed by atoms with Gasteiger partial charge in [0.05, 0.1) is 16.8 Å². The van der Waals surface area contributed by atoms with E-state index in [0.717, 1.165) is 0 Å². The average Bonchev–Trinajstić information content (AvgIpc) is 2.77. The van der Waals surface area contributed by atoms with E-state index in [-0.39, 0.29) is 11.4 Å². The molecule has 1 aromatic heterocycles. The zero-order valence-corrected chi connectivity index (χ0v) is 15.8. The second kappa shape index (κ2) is 8.13. The Hall–Kier alpha value is -4.06. The summed E-state index contributed by atoms with van der Waals surface area (Å²) in [4.78, 5) is 29.6. The van der Waals surface area contributed by atoms with E-state index in [4.69, 9.17) is 10.5 Å². The summed E-state index contributed by atoms with van der Waals surface area (Å²) in [7, 11) is 0. The third-order valence-electron chi connectivity index (χ3n) is 4.66. The number of carbonyl (C=O) groups is 2. The van der Waals surface area contributed by atoms with Gasteiger partial charge in [-0.3, -0.25) is 4.79 Å². The van der Waals surface area contributed by atoms with Crippen LogP contribution in [0, 0.1) is 5.82 Å². The quantitative estimate of drug-likeness (QED) is 0.503. The topological polar surface area (TPSA) is 82.3 Å². The summed E-state index contributed by atoms with van der Waals surface area (Å²) in [5.41, 5.74) is 7.90. The first-order valence-corrected chi connectivity index (χ1v) is 9.24. The van der Waals surface area contributed by atoms with Crippen molar-refractivity contribution in [1.82, 2.24) is 4.98 Å². The normalized spacial score (nSPS) is 11.8. The first-order chi connectivity index (χ1) is 14.5. The molecule has 0 saturated carbocycles. The van der Waals surface area contributed by atoms with Gasteiger partial charge in [-0.1, -0.05) is 48.5 Å². The standard InChI is InChI=1S/C24H17FN2O3/c25-17-12-10-15(11-13-17)21-14-19(18-8-4-5-9-20(18)27-21)24(29)30-22(23(26)28)16-6-2-1-3-7-16/h1-14,22H,(H2,26,28). The van der Waals surface area contributed by atoms with E-state index in [2.05, 4.69) is 4.98 Å². The average molecular weight is 400 g/mol. The van der Waals surface area contributed by atoms with E-state index in [9.17, 15) is 14.0 Å². The van der Waals surface area contributed by atoms with Crippen molar-refractivity contribution in [1.29, 1.82) is 0 Å². The zero-order valence-electron chi connectivity index (χ0n) is 15.8. The Balaban J connectivity index is 1.77. The number of aromatic nitrogens is 1. The first kappa shape index (κ1) is 19.3.